The molecular weight excluding hydrogens is 220 g/mol. The van der Waals surface area contributed by atoms with Gasteiger partial charge in [0.15, 0.2) is 0 Å². The van der Waals surface area contributed by atoms with Gasteiger partial charge in [-0.25, -0.2) is 0 Å². The molecule has 4 heteroatoms. The first-order chi connectivity index (χ1) is 7.82. The van der Waals surface area contributed by atoms with Gasteiger partial charge in [-0.1, -0.05) is 6.92 Å². The molecule has 0 aromatic heterocycles. The van der Waals surface area contributed by atoms with Gasteiger partial charge in [0.05, 0.1) is 17.9 Å². The third-order valence-electron chi connectivity index (χ3n) is 3.73. The van der Waals surface area contributed by atoms with E-state index >= 15 is 0 Å². The molecule has 1 aliphatic carbocycles. The molecule has 2 bridgehead atoms. The topological polar surface area (TPSA) is 52.6 Å². The van der Waals surface area contributed by atoms with Crippen molar-refractivity contribution in [2.75, 3.05) is 0 Å². The van der Waals surface area contributed by atoms with Crippen molar-refractivity contribution in [2.24, 2.45) is 17.8 Å². The lowest BCUT2D eigenvalue weighted by Crippen LogP contribution is -2.41. The van der Waals surface area contributed by atoms with Crippen LogP contribution in [0.15, 0.2) is 0 Å². The standard InChI is InChI=1S/C13H20O4/c1-7(2)16-12(15)10-8(3)5-13(4)6-9(10)11(14)17-13/h7-10H,5-6H2,1-4H3/t8-,9-,10-,13+/m0/s1. The number of fused-ring (bicyclic) bond motifs is 2. The Hall–Kier alpha value is -1.06. The summed E-state index contributed by atoms with van der Waals surface area (Å²) in [7, 11) is 0. The summed E-state index contributed by atoms with van der Waals surface area (Å²) < 4.78 is 10.6. The molecule has 0 aromatic rings. The van der Waals surface area contributed by atoms with E-state index in [0.717, 1.165) is 6.42 Å². The first-order valence-electron chi connectivity index (χ1n) is 6.26. The first-order valence-corrected chi connectivity index (χ1v) is 6.26. The zero-order chi connectivity index (χ0) is 12.8. The smallest absolute Gasteiger partial charge is 0.310 e. The predicted molar refractivity (Wildman–Crippen MR) is 61.1 cm³/mol. The van der Waals surface area contributed by atoms with Crippen LogP contribution >= 0.6 is 0 Å². The van der Waals surface area contributed by atoms with Gasteiger partial charge in [0.1, 0.15) is 5.60 Å². The van der Waals surface area contributed by atoms with Crippen LogP contribution in [0.2, 0.25) is 0 Å². The highest BCUT2D eigenvalue weighted by Crippen LogP contribution is 2.48. The number of esters is 2. The molecule has 0 unspecified atom stereocenters. The monoisotopic (exact) mass is 240 g/mol. The second-order valence-corrected chi connectivity index (χ2v) is 5.87. The molecule has 2 aliphatic rings. The van der Waals surface area contributed by atoms with E-state index in [4.69, 9.17) is 9.47 Å². The Labute approximate surface area is 102 Å². The molecule has 2 fully saturated rings. The van der Waals surface area contributed by atoms with Crippen molar-refractivity contribution in [1.82, 2.24) is 0 Å². The normalized spacial score (nSPS) is 40.3. The van der Waals surface area contributed by atoms with Crippen molar-refractivity contribution in [3.05, 3.63) is 0 Å². The van der Waals surface area contributed by atoms with Crippen LogP contribution in [0.1, 0.15) is 40.5 Å². The predicted octanol–water partition coefficient (Wildman–Crippen LogP) is 1.92. The average molecular weight is 240 g/mol. The summed E-state index contributed by atoms with van der Waals surface area (Å²) in [5.41, 5.74) is -0.365. The van der Waals surface area contributed by atoms with Gasteiger partial charge in [-0.05, 0) is 33.1 Å². The number of rotatable bonds is 2. The number of ether oxygens (including phenoxy) is 2. The van der Waals surface area contributed by atoms with Crippen LogP contribution in [0, 0.1) is 17.8 Å². The largest absolute Gasteiger partial charge is 0.463 e. The summed E-state index contributed by atoms with van der Waals surface area (Å²) in [6, 6.07) is 0. The maximum Gasteiger partial charge on any atom is 0.310 e. The van der Waals surface area contributed by atoms with Gasteiger partial charge in [0.2, 0.25) is 0 Å². The zero-order valence-electron chi connectivity index (χ0n) is 10.9. The molecule has 1 heterocycles. The van der Waals surface area contributed by atoms with Gasteiger partial charge in [0, 0.05) is 6.42 Å². The number of hydrogen-bond donors (Lipinski definition) is 0. The Kier molecular flexibility index (Phi) is 2.92. The molecule has 2 rings (SSSR count). The Morgan fingerprint density at radius 3 is 2.71 bits per heavy atom. The van der Waals surface area contributed by atoms with Gasteiger partial charge in [-0.2, -0.15) is 0 Å². The fourth-order valence-corrected chi connectivity index (χ4v) is 3.22. The van der Waals surface area contributed by atoms with Crippen molar-refractivity contribution >= 4 is 11.9 Å². The minimum absolute atomic E-state index is 0.136. The van der Waals surface area contributed by atoms with Crippen LogP contribution in [-0.2, 0) is 19.1 Å². The molecule has 0 spiro atoms. The van der Waals surface area contributed by atoms with E-state index < -0.39 is 0 Å². The highest BCUT2D eigenvalue weighted by Gasteiger charge is 2.56. The van der Waals surface area contributed by atoms with E-state index in [0.29, 0.717) is 6.42 Å². The summed E-state index contributed by atoms with van der Waals surface area (Å²) in [6.45, 7) is 7.59. The second-order valence-electron chi connectivity index (χ2n) is 5.87. The Bertz CT molecular complexity index is 349. The van der Waals surface area contributed by atoms with Crippen molar-refractivity contribution in [3.63, 3.8) is 0 Å². The SMILES string of the molecule is CC(C)OC(=O)[C@@H]1[C@@H]2C[C@@](C)(C[C@@H]1C)OC2=O. The molecule has 4 atom stereocenters. The lowest BCUT2D eigenvalue weighted by Gasteiger charge is -2.35. The number of carbonyl (C=O) groups excluding carboxylic acids is 2. The molecule has 1 saturated heterocycles. The van der Waals surface area contributed by atoms with Gasteiger partial charge >= 0.3 is 11.9 Å². The van der Waals surface area contributed by atoms with Crippen LogP contribution in [0.3, 0.4) is 0 Å². The highest BCUT2D eigenvalue weighted by molar-refractivity contribution is 5.84. The van der Waals surface area contributed by atoms with Gasteiger partial charge in [-0.3, -0.25) is 9.59 Å². The van der Waals surface area contributed by atoms with E-state index in [-0.39, 0.29) is 41.4 Å². The van der Waals surface area contributed by atoms with Crippen LogP contribution in [0.5, 0.6) is 0 Å². The molecule has 1 aliphatic heterocycles. The first kappa shape index (κ1) is 12.4. The van der Waals surface area contributed by atoms with E-state index in [1.807, 2.05) is 27.7 Å². The third-order valence-corrected chi connectivity index (χ3v) is 3.73. The summed E-state index contributed by atoms with van der Waals surface area (Å²) >= 11 is 0. The molecule has 96 valence electrons. The maximum atomic E-state index is 12.0. The third kappa shape index (κ3) is 2.17. The van der Waals surface area contributed by atoms with Gasteiger partial charge in [-0.15, -0.1) is 0 Å². The summed E-state index contributed by atoms with van der Waals surface area (Å²) in [5.74, 6) is -0.993. The lowest BCUT2D eigenvalue weighted by atomic mass is 9.69. The minimum atomic E-state index is -0.365. The summed E-state index contributed by atoms with van der Waals surface area (Å²) in [4.78, 5) is 23.8. The molecule has 0 amide bonds. The summed E-state index contributed by atoms with van der Waals surface area (Å²) in [6.07, 6.45) is 1.25. The number of carbonyl (C=O) groups is 2. The van der Waals surface area contributed by atoms with E-state index in [9.17, 15) is 9.59 Å². The molecule has 4 nitrogen and oxygen atoms in total. The molecule has 17 heavy (non-hydrogen) atoms. The second kappa shape index (κ2) is 4.00. The molecule has 0 aromatic carbocycles. The Morgan fingerprint density at radius 1 is 1.47 bits per heavy atom. The summed E-state index contributed by atoms with van der Waals surface area (Å²) in [5, 5.41) is 0. The van der Waals surface area contributed by atoms with Crippen LogP contribution in [-0.4, -0.2) is 23.6 Å². The van der Waals surface area contributed by atoms with Gasteiger partial charge in [0.25, 0.3) is 0 Å². The van der Waals surface area contributed by atoms with Crippen LogP contribution in [0.25, 0.3) is 0 Å². The fraction of sp³-hybridized carbons (Fsp3) is 0.846. The average Bonchev–Trinajstić information content (AvgIpc) is 2.35. The lowest BCUT2D eigenvalue weighted by molar-refractivity contribution is -0.160. The quantitative estimate of drug-likeness (QED) is 0.692. The molecule has 1 saturated carbocycles. The van der Waals surface area contributed by atoms with E-state index in [1.54, 1.807) is 0 Å². The van der Waals surface area contributed by atoms with E-state index in [1.165, 1.54) is 0 Å². The van der Waals surface area contributed by atoms with Crippen LogP contribution < -0.4 is 0 Å². The highest BCUT2D eigenvalue weighted by atomic mass is 16.6. The Morgan fingerprint density at radius 2 is 2.12 bits per heavy atom. The van der Waals surface area contributed by atoms with Crippen molar-refractivity contribution in [1.29, 1.82) is 0 Å². The van der Waals surface area contributed by atoms with Crippen LogP contribution in [0.4, 0.5) is 0 Å². The van der Waals surface area contributed by atoms with E-state index in [2.05, 4.69) is 0 Å². The molecular formula is C13H20O4. The molecule has 0 radical (unpaired) electrons. The zero-order valence-corrected chi connectivity index (χ0v) is 10.9. The maximum absolute atomic E-state index is 12.0. The van der Waals surface area contributed by atoms with Crippen molar-refractivity contribution in [3.8, 4) is 0 Å². The number of hydrogen-bond acceptors (Lipinski definition) is 4. The van der Waals surface area contributed by atoms with Gasteiger partial charge < -0.3 is 9.47 Å². The fourth-order valence-electron chi connectivity index (χ4n) is 3.22. The Balaban J connectivity index is 2.17. The van der Waals surface area contributed by atoms with Crippen molar-refractivity contribution < 1.29 is 19.1 Å². The minimum Gasteiger partial charge on any atom is -0.463 e. The van der Waals surface area contributed by atoms with Crippen molar-refractivity contribution in [2.45, 2.75) is 52.2 Å². The molecule has 0 N–H and O–H groups in total.